The molecule has 2 aliphatic rings. The zero-order chi connectivity index (χ0) is 20.5. The van der Waals surface area contributed by atoms with Gasteiger partial charge in [0.15, 0.2) is 17.6 Å². The number of hydrogen-bond donors (Lipinski definition) is 3. The zero-order valence-corrected chi connectivity index (χ0v) is 16.5. The molecule has 1 amide bonds. The predicted octanol–water partition coefficient (Wildman–Crippen LogP) is 1.17. The molecule has 1 saturated heterocycles. The number of benzene rings is 1. The number of ether oxygens (including phenoxy) is 2. The maximum atomic E-state index is 13.4. The van der Waals surface area contributed by atoms with Gasteiger partial charge in [-0.25, -0.2) is 4.79 Å². The molecule has 28 heavy (non-hydrogen) atoms. The maximum Gasteiger partial charge on any atom is 0.333 e. The van der Waals surface area contributed by atoms with Crippen LogP contribution >= 0.6 is 0 Å². The highest BCUT2D eigenvalue weighted by Gasteiger charge is 2.44. The number of nitrogens with one attached hydrogen (secondary N) is 1. The molecule has 1 aromatic rings. The number of aliphatic hydroxyl groups excluding tert-OH is 1. The monoisotopic (exact) mass is 392 g/mol. The van der Waals surface area contributed by atoms with Crippen LogP contribution in [0.25, 0.3) is 0 Å². The summed E-state index contributed by atoms with van der Waals surface area (Å²) < 4.78 is 10.8. The van der Waals surface area contributed by atoms with Crippen LogP contribution in [0.15, 0.2) is 18.2 Å². The summed E-state index contributed by atoms with van der Waals surface area (Å²) in [5, 5.41) is 22.8. The van der Waals surface area contributed by atoms with Crippen LogP contribution in [0.1, 0.15) is 32.8 Å². The summed E-state index contributed by atoms with van der Waals surface area (Å²) in [6, 6.07) is 5.57. The van der Waals surface area contributed by atoms with Crippen molar-refractivity contribution in [3.63, 3.8) is 0 Å². The number of amides is 1. The first-order valence-corrected chi connectivity index (χ1v) is 9.57. The zero-order valence-electron chi connectivity index (χ0n) is 16.5. The third-order valence-corrected chi connectivity index (χ3v) is 5.51. The largest absolute Gasteiger partial charge is 0.479 e. The van der Waals surface area contributed by atoms with E-state index >= 15 is 0 Å². The van der Waals surface area contributed by atoms with Gasteiger partial charge in [0.25, 0.3) is 0 Å². The van der Waals surface area contributed by atoms with Crippen molar-refractivity contribution in [3.05, 3.63) is 23.8 Å². The summed E-state index contributed by atoms with van der Waals surface area (Å²) in [5.41, 5.74) is 0.162. The van der Waals surface area contributed by atoms with E-state index < -0.39 is 23.5 Å². The first kappa shape index (κ1) is 20.4. The third-order valence-electron chi connectivity index (χ3n) is 5.51. The number of carboxylic acids is 1. The summed E-state index contributed by atoms with van der Waals surface area (Å²) in [6.45, 7) is 7.45. The molecule has 8 nitrogen and oxygen atoms in total. The van der Waals surface area contributed by atoms with E-state index in [4.69, 9.17) is 9.47 Å². The Bertz CT molecular complexity index is 752. The fourth-order valence-corrected chi connectivity index (χ4v) is 3.95. The number of carbonyl (C=O) groups is 2. The van der Waals surface area contributed by atoms with Crippen LogP contribution in [0.4, 0.5) is 0 Å². The molecule has 2 heterocycles. The average molecular weight is 392 g/mol. The second-order valence-corrected chi connectivity index (χ2v) is 8.03. The van der Waals surface area contributed by atoms with Crippen molar-refractivity contribution >= 4 is 11.9 Å². The van der Waals surface area contributed by atoms with E-state index in [1.54, 1.807) is 4.90 Å². The Morgan fingerprint density at radius 1 is 1.29 bits per heavy atom. The van der Waals surface area contributed by atoms with Gasteiger partial charge >= 0.3 is 5.97 Å². The fourth-order valence-electron chi connectivity index (χ4n) is 3.95. The van der Waals surface area contributed by atoms with Gasteiger partial charge in [-0.2, -0.15) is 0 Å². The summed E-state index contributed by atoms with van der Waals surface area (Å²) in [4.78, 5) is 26.5. The number of carbonyl (C=O) groups excluding carboxylic acids is 1. The van der Waals surface area contributed by atoms with E-state index in [9.17, 15) is 19.8 Å². The lowest BCUT2D eigenvalue weighted by atomic mass is 9.84. The minimum atomic E-state index is -1.73. The highest BCUT2D eigenvalue weighted by atomic mass is 16.7. The van der Waals surface area contributed by atoms with Crippen molar-refractivity contribution in [1.82, 2.24) is 10.2 Å². The number of aliphatic hydroxyl groups is 1. The SMILES string of the molecule is CC(C)C[C@H](C(=O)N1CCNC[C@@]1(C)c1ccc2c(c1)OCO2)[C@H](O)C(=O)O. The lowest BCUT2D eigenvalue weighted by Crippen LogP contribution is -2.61. The molecule has 1 aromatic carbocycles. The summed E-state index contributed by atoms with van der Waals surface area (Å²) >= 11 is 0. The van der Waals surface area contributed by atoms with Crippen molar-refractivity contribution < 1.29 is 29.3 Å². The molecule has 0 unspecified atom stereocenters. The van der Waals surface area contributed by atoms with Gasteiger partial charge in [-0.05, 0) is 37.0 Å². The Labute approximate surface area is 164 Å². The van der Waals surface area contributed by atoms with Gasteiger partial charge in [0.05, 0.1) is 11.5 Å². The fraction of sp³-hybridized carbons (Fsp3) is 0.600. The van der Waals surface area contributed by atoms with Crippen molar-refractivity contribution in [3.8, 4) is 11.5 Å². The lowest BCUT2D eigenvalue weighted by molar-refractivity contribution is -0.160. The molecular weight excluding hydrogens is 364 g/mol. The third kappa shape index (κ3) is 3.79. The number of carboxylic acid groups (broad SMARTS) is 1. The van der Waals surface area contributed by atoms with Gasteiger partial charge < -0.3 is 29.9 Å². The van der Waals surface area contributed by atoms with Crippen LogP contribution in [0.2, 0.25) is 0 Å². The van der Waals surface area contributed by atoms with E-state index in [0.29, 0.717) is 37.6 Å². The van der Waals surface area contributed by atoms with Gasteiger partial charge in [-0.1, -0.05) is 19.9 Å². The van der Waals surface area contributed by atoms with E-state index in [1.165, 1.54) is 0 Å². The molecule has 3 N–H and O–H groups in total. The first-order chi connectivity index (χ1) is 13.2. The smallest absolute Gasteiger partial charge is 0.333 e. The molecule has 3 rings (SSSR count). The Kier molecular flexibility index (Phi) is 5.81. The van der Waals surface area contributed by atoms with Crippen LogP contribution in [-0.2, 0) is 15.1 Å². The molecule has 0 saturated carbocycles. The second-order valence-electron chi connectivity index (χ2n) is 8.03. The number of hydrogen-bond acceptors (Lipinski definition) is 6. The summed E-state index contributed by atoms with van der Waals surface area (Å²) in [6.07, 6.45) is -1.43. The van der Waals surface area contributed by atoms with E-state index in [0.717, 1.165) is 5.56 Å². The normalized spacial score (nSPS) is 23.5. The molecule has 8 heteroatoms. The number of fused-ring (bicyclic) bond motifs is 1. The van der Waals surface area contributed by atoms with Crippen molar-refractivity contribution in [1.29, 1.82) is 0 Å². The van der Waals surface area contributed by atoms with Gasteiger partial charge in [0.1, 0.15) is 0 Å². The number of piperazine rings is 1. The molecule has 0 aromatic heterocycles. The Morgan fingerprint density at radius 2 is 2.00 bits per heavy atom. The van der Waals surface area contributed by atoms with Crippen LogP contribution in [-0.4, -0.2) is 59.5 Å². The Morgan fingerprint density at radius 3 is 2.68 bits per heavy atom. The second kappa shape index (κ2) is 7.97. The van der Waals surface area contributed by atoms with Crippen molar-refractivity contribution in [2.75, 3.05) is 26.4 Å². The lowest BCUT2D eigenvalue weighted by Gasteiger charge is -2.47. The average Bonchev–Trinajstić information content (AvgIpc) is 3.13. The molecular formula is C20H28N2O6. The number of rotatable bonds is 6. The molecule has 0 spiro atoms. The van der Waals surface area contributed by atoms with E-state index in [1.807, 2.05) is 39.0 Å². The Balaban J connectivity index is 1.94. The minimum absolute atomic E-state index is 0.0719. The molecule has 0 aliphatic carbocycles. The number of nitrogens with zero attached hydrogens (tertiary/aromatic N) is 1. The molecule has 0 radical (unpaired) electrons. The Hall–Kier alpha value is -2.32. The van der Waals surface area contributed by atoms with E-state index in [-0.39, 0.29) is 18.6 Å². The standard InChI is InChI=1S/C20H28N2O6/c1-12(2)8-14(17(23)19(25)26)18(24)22-7-6-21-10-20(22,3)13-4-5-15-16(9-13)28-11-27-15/h4-5,9,12,14,17,21,23H,6-8,10-11H2,1-3H3,(H,25,26)/t14-,17-,20-/m0/s1. The highest BCUT2D eigenvalue weighted by Crippen LogP contribution is 2.39. The minimum Gasteiger partial charge on any atom is -0.479 e. The van der Waals surface area contributed by atoms with Gasteiger partial charge in [0.2, 0.25) is 12.7 Å². The molecule has 154 valence electrons. The van der Waals surface area contributed by atoms with Crippen LogP contribution < -0.4 is 14.8 Å². The van der Waals surface area contributed by atoms with Gasteiger partial charge in [-0.3, -0.25) is 4.79 Å². The highest BCUT2D eigenvalue weighted by molar-refractivity contribution is 5.86. The summed E-state index contributed by atoms with van der Waals surface area (Å²) in [7, 11) is 0. The molecule has 1 fully saturated rings. The predicted molar refractivity (Wildman–Crippen MR) is 101 cm³/mol. The number of aliphatic carboxylic acids is 1. The quantitative estimate of drug-likeness (QED) is 0.667. The van der Waals surface area contributed by atoms with Gasteiger partial charge in [0, 0.05) is 19.6 Å². The van der Waals surface area contributed by atoms with Crippen molar-refractivity contribution in [2.45, 2.75) is 38.8 Å². The molecule has 0 bridgehead atoms. The van der Waals surface area contributed by atoms with E-state index in [2.05, 4.69) is 5.32 Å². The molecule has 2 aliphatic heterocycles. The van der Waals surface area contributed by atoms with Crippen LogP contribution in [0, 0.1) is 11.8 Å². The van der Waals surface area contributed by atoms with Crippen molar-refractivity contribution in [2.24, 2.45) is 11.8 Å². The first-order valence-electron chi connectivity index (χ1n) is 9.57. The van der Waals surface area contributed by atoms with Gasteiger partial charge in [-0.15, -0.1) is 0 Å². The maximum absolute atomic E-state index is 13.4. The summed E-state index contributed by atoms with van der Waals surface area (Å²) in [5.74, 6) is -1.36. The molecule has 3 atom stereocenters. The van der Waals surface area contributed by atoms with Crippen LogP contribution in [0.3, 0.4) is 0 Å². The van der Waals surface area contributed by atoms with Crippen LogP contribution in [0.5, 0.6) is 11.5 Å². The topological polar surface area (TPSA) is 108 Å².